The van der Waals surface area contributed by atoms with E-state index in [-0.39, 0.29) is 31.7 Å². The van der Waals surface area contributed by atoms with Gasteiger partial charge in [0.15, 0.2) is 5.58 Å². The molecule has 2 N–H and O–H groups in total. The number of amides is 2. The Bertz CT molecular complexity index is 1440. The second-order valence-corrected chi connectivity index (χ2v) is 11.3. The number of halogens is 3. The smallest absolute Gasteiger partial charge is 0.408 e. The van der Waals surface area contributed by atoms with E-state index in [0.717, 1.165) is 31.3 Å². The number of fused-ring (bicyclic) bond motifs is 1. The zero-order chi connectivity index (χ0) is 30.3. The highest BCUT2D eigenvalue weighted by Gasteiger charge is 2.37. The van der Waals surface area contributed by atoms with Crippen LogP contribution >= 0.6 is 11.8 Å². The van der Waals surface area contributed by atoms with Gasteiger partial charge in [0.1, 0.15) is 12.6 Å². The number of para-hydroxylation sites is 2. The predicted molar refractivity (Wildman–Crippen MR) is 153 cm³/mol. The maximum absolute atomic E-state index is 13.7. The Kier molecular flexibility index (Phi) is 10.5. The number of rotatable bonds is 14. The van der Waals surface area contributed by atoms with Crippen molar-refractivity contribution in [2.75, 3.05) is 37.7 Å². The number of likely N-dealkylation sites (tertiary alicyclic amines) is 1. The van der Waals surface area contributed by atoms with Crippen LogP contribution in [0.4, 0.5) is 13.2 Å². The first-order chi connectivity index (χ1) is 20.0. The third kappa shape index (κ3) is 8.03. The van der Waals surface area contributed by atoms with Crippen molar-refractivity contribution in [3.63, 3.8) is 0 Å². The summed E-state index contributed by atoms with van der Waals surface area (Å²) in [7, 11) is 0. The van der Waals surface area contributed by atoms with Gasteiger partial charge in [-0.05, 0) is 55.2 Å². The number of ketones is 1. The number of benzene rings is 2. The van der Waals surface area contributed by atoms with Crippen LogP contribution in [0, 0.1) is 0 Å². The van der Waals surface area contributed by atoms with E-state index in [2.05, 4.69) is 17.0 Å². The minimum Gasteiger partial charge on any atom is -0.408 e. The third-order valence-electron chi connectivity index (χ3n) is 7.41. The lowest BCUT2D eigenvalue weighted by atomic mass is 9.99. The summed E-state index contributed by atoms with van der Waals surface area (Å²) in [6, 6.07) is 15.7. The number of carbonyl (C=O) groups is 3. The highest BCUT2D eigenvalue weighted by molar-refractivity contribution is 7.99. The molecule has 2 heterocycles. The molecule has 9 nitrogen and oxygen atoms in total. The molecule has 1 unspecified atom stereocenters. The van der Waals surface area contributed by atoms with Crippen molar-refractivity contribution >= 4 is 40.5 Å². The van der Waals surface area contributed by atoms with Crippen molar-refractivity contribution in [2.24, 2.45) is 5.73 Å². The maximum Gasteiger partial charge on any atom is 0.450 e. The second-order valence-electron chi connectivity index (χ2n) is 10.2. The van der Waals surface area contributed by atoms with Gasteiger partial charge in [0.05, 0.1) is 11.3 Å². The number of thioether (sulfide) groups is 1. The Morgan fingerprint density at radius 2 is 1.81 bits per heavy atom. The van der Waals surface area contributed by atoms with Crippen molar-refractivity contribution in [3.05, 3.63) is 70.7 Å². The van der Waals surface area contributed by atoms with Crippen LogP contribution in [0.3, 0.4) is 0 Å². The van der Waals surface area contributed by atoms with Gasteiger partial charge < -0.3 is 20.0 Å². The highest BCUT2D eigenvalue weighted by atomic mass is 32.2. The van der Waals surface area contributed by atoms with E-state index in [1.165, 1.54) is 15.0 Å². The molecule has 2 aromatic carbocycles. The molecular formula is C29H33F3N4O5S. The number of primary amides is 1. The Balaban J connectivity index is 1.45. The number of alkyl halides is 3. The summed E-state index contributed by atoms with van der Waals surface area (Å²) in [5.41, 5.74) is 7.71. The average Bonchev–Trinajstić information content (AvgIpc) is 3.55. The molecule has 1 fully saturated rings. The SMILES string of the molecule is NC(=O)[C@H](CCCSCC(=O)C(F)(F)F)N(CCN1CCC(c2ccccc2)C1)C(=O)Cn1c(=O)oc2ccccc21. The van der Waals surface area contributed by atoms with Crippen molar-refractivity contribution in [1.29, 1.82) is 0 Å². The van der Waals surface area contributed by atoms with Gasteiger partial charge in [-0.3, -0.25) is 19.0 Å². The molecule has 13 heteroatoms. The molecule has 0 spiro atoms. The van der Waals surface area contributed by atoms with E-state index in [4.69, 9.17) is 10.2 Å². The van der Waals surface area contributed by atoms with E-state index in [0.29, 0.717) is 23.6 Å². The lowest BCUT2D eigenvalue weighted by Gasteiger charge is -2.31. The summed E-state index contributed by atoms with van der Waals surface area (Å²) in [6.07, 6.45) is -3.60. The van der Waals surface area contributed by atoms with E-state index in [1.807, 2.05) is 18.2 Å². The Labute approximate surface area is 244 Å². The summed E-state index contributed by atoms with van der Waals surface area (Å²) in [5.74, 6) is -4.01. The molecule has 0 saturated carbocycles. The number of hydrogen-bond acceptors (Lipinski definition) is 7. The number of aromatic nitrogens is 1. The number of nitrogens with zero attached hydrogens (tertiary/aromatic N) is 3. The standard InChI is InChI=1S/C29H33F3N4O5S/c30-29(31,32)25(37)19-42-16-6-10-23(27(33)39)35(15-14-34-13-12-21(17-34)20-7-2-1-3-8-20)26(38)18-36-22-9-4-5-11-24(22)41-28(36)40/h1-5,7-9,11,21,23H,6,10,12-19H2,(H2,33,39)/t21?,23-/m0/s1. The molecule has 1 saturated heterocycles. The summed E-state index contributed by atoms with van der Waals surface area (Å²) in [6.45, 7) is 1.84. The molecule has 0 radical (unpaired) electrons. The zero-order valence-electron chi connectivity index (χ0n) is 22.9. The van der Waals surface area contributed by atoms with Crippen LogP contribution in [0.2, 0.25) is 0 Å². The molecule has 3 aromatic rings. The van der Waals surface area contributed by atoms with E-state index in [9.17, 15) is 32.3 Å². The minimum absolute atomic E-state index is 0.0992. The first-order valence-electron chi connectivity index (χ1n) is 13.7. The van der Waals surface area contributed by atoms with Crippen LogP contribution in [-0.2, 0) is 20.9 Å². The monoisotopic (exact) mass is 606 g/mol. The van der Waals surface area contributed by atoms with Crippen LogP contribution in [0.1, 0.15) is 30.7 Å². The second kappa shape index (κ2) is 14.1. The largest absolute Gasteiger partial charge is 0.450 e. The first kappa shape index (κ1) is 31.4. The van der Waals surface area contributed by atoms with E-state index >= 15 is 0 Å². The predicted octanol–water partition coefficient (Wildman–Crippen LogP) is 3.41. The third-order valence-corrected chi connectivity index (χ3v) is 8.45. The van der Waals surface area contributed by atoms with Gasteiger partial charge in [-0.2, -0.15) is 24.9 Å². The Morgan fingerprint density at radius 3 is 2.52 bits per heavy atom. The zero-order valence-corrected chi connectivity index (χ0v) is 23.7. The van der Waals surface area contributed by atoms with Crippen LogP contribution in [-0.4, -0.2) is 81.9 Å². The highest BCUT2D eigenvalue weighted by Crippen LogP contribution is 2.27. The fourth-order valence-electron chi connectivity index (χ4n) is 5.20. The Morgan fingerprint density at radius 1 is 1.10 bits per heavy atom. The normalized spacial score (nSPS) is 16.5. The van der Waals surface area contributed by atoms with Gasteiger partial charge in [0.25, 0.3) is 0 Å². The maximum atomic E-state index is 13.7. The number of hydrogen-bond donors (Lipinski definition) is 1. The average molecular weight is 607 g/mol. The van der Waals surface area contributed by atoms with Gasteiger partial charge in [-0.1, -0.05) is 42.5 Å². The molecule has 1 aromatic heterocycles. The van der Waals surface area contributed by atoms with E-state index < -0.39 is 41.3 Å². The first-order valence-corrected chi connectivity index (χ1v) is 14.8. The van der Waals surface area contributed by atoms with Crippen molar-refractivity contribution < 1.29 is 32.0 Å². The lowest BCUT2D eigenvalue weighted by molar-refractivity contribution is -0.167. The van der Waals surface area contributed by atoms with Gasteiger partial charge in [0.2, 0.25) is 17.6 Å². The quantitative estimate of drug-likeness (QED) is 0.280. The van der Waals surface area contributed by atoms with Gasteiger partial charge in [0, 0.05) is 19.6 Å². The van der Waals surface area contributed by atoms with Crippen LogP contribution < -0.4 is 11.5 Å². The van der Waals surface area contributed by atoms with Gasteiger partial charge in [-0.25, -0.2) is 4.79 Å². The molecule has 0 bridgehead atoms. The van der Waals surface area contributed by atoms with Crippen molar-refractivity contribution in [3.8, 4) is 0 Å². The minimum atomic E-state index is -4.89. The molecule has 42 heavy (non-hydrogen) atoms. The molecular weight excluding hydrogens is 573 g/mol. The number of nitrogens with two attached hydrogens (primary N) is 1. The summed E-state index contributed by atoms with van der Waals surface area (Å²) in [4.78, 5) is 53.5. The topological polar surface area (TPSA) is 119 Å². The van der Waals surface area contributed by atoms with Gasteiger partial charge >= 0.3 is 11.9 Å². The number of oxazole rings is 1. The number of carbonyl (C=O) groups excluding carboxylic acids is 3. The molecule has 1 aliphatic heterocycles. The summed E-state index contributed by atoms with van der Waals surface area (Å²) in [5, 5.41) is 0. The Hall–Kier alpha value is -3.58. The van der Waals surface area contributed by atoms with Crippen LogP contribution in [0.5, 0.6) is 0 Å². The van der Waals surface area contributed by atoms with Crippen LogP contribution in [0.25, 0.3) is 11.1 Å². The van der Waals surface area contributed by atoms with Crippen LogP contribution in [0.15, 0.2) is 63.8 Å². The summed E-state index contributed by atoms with van der Waals surface area (Å²) < 4.78 is 43.9. The van der Waals surface area contributed by atoms with Crippen molar-refractivity contribution in [1.82, 2.24) is 14.4 Å². The van der Waals surface area contributed by atoms with Crippen molar-refractivity contribution in [2.45, 2.75) is 43.9 Å². The van der Waals surface area contributed by atoms with Gasteiger partial charge in [-0.15, -0.1) is 0 Å². The molecule has 4 rings (SSSR count). The fourth-order valence-corrected chi connectivity index (χ4v) is 6.07. The molecule has 2 atom stereocenters. The molecule has 1 aliphatic rings. The molecule has 226 valence electrons. The molecule has 0 aliphatic carbocycles. The lowest BCUT2D eigenvalue weighted by Crippen LogP contribution is -2.51. The summed E-state index contributed by atoms with van der Waals surface area (Å²) >= 11 is 0.810. The van der Waals surface area contributed by atoms with E-state index in [1.54, 1.807) is 24.3 Å². The fraction of sp³-hybridized carbons (Fsp3) is 0.448. The molecule has 2 amide bonds. The number of Topliss-reactive ketones (excluding diaryl/α,β-unsaturated/α-hetero) is 1.